The first-order valence-corrected chi connectivity index (χ1v) is 10.1. The number of amides is 1. The van der Waals surface area contributed by atoms with E-state index >= 15 is 0 Å². The summed E-state index contributed by atoms with van der Waals surface area (Å²) in [7, 11) is 3.23. The van der Waals surface area contributed by atoms with Crippen molar-refractivity contribution in [1.82, 2.24) is 4.90 Å². The molecule has 6 heteroatoms. The Balaban J connectivity index is 1.92. The minimum absolute atomic E-state index is 0.0105. The second-order valence-corrected chi connectivity index (χ2v) is 7.40. The molecule has 1 atom stereocenters. The van der Waals surface area contributed by atoms with Crippen LogP contribution in [0, 0.1) is 0 Å². The van der Waals surface area contributed by atoms with E-state index in [-0.39, 0.29) is 11.9 Å². The molecule has 1 aliphatic rings. The van der Waals surface area contributed by atoms with Crippen molar-refractivity contribution in [3.05, 3.63) is 52.5 Å². The van der Waals surface area contributed by atoms with Crippen molar-refractivity contribution < 1.29 is 14.3 Å². The van der Waals surface area contributed by atoms with Gasteiger partial charge in [0.05, 0.1) is 30.8 Å². The molecular formula is C20H22ClNO3S. The van der Waals surface area contributed by atoms with Gasteiger partial charge in [-0.2, -0.15) is 0 Å². The lowest BCUT2D eigenvalue weighted by molar-refractivity contribution is 0.0735. The minimum atomic E-state index is -0.0248. The van der Waals surface area contributed by atoms with Crippen LogP contribution in [0.1, 0.15) is 34.8 Å². The van der Waals surface area contributed by atoms with Crippen molar-refractivity contribution in [3.8, 4) is 11.5 Å². The predicted octanol–water partition coefficient (Wildman–Crippen LogP) is 5.06. The van der Waals surface area contributed by atoms with E-state index < -0.39 is 0 Å². The number of carbonyl (C=O) groups excluding carboxylic acids is 1. The molecule has 1 saturated heterocycles. The van der Waals surface area contributed by atoms with Crippen molar-refractivity contribution in [2.45, 2.75) is 23.8 Å². The lowest BCUT2D eigenvalue weighted by Crippen LogP contribution is -2.30. The first kappa shape index (κ1) is 18.9. The normalized spacial score (nSPS) is 16.6. The summed E-state index contributed by atoms with van der Waals surface area (Å²) in [5, 5.41) is 0.491. The quantitative estimate of drug-likeness (QED) is 0.668. The number of methoxy groups -OCH3 is 2. The van der Waals surface area contributed by atoms with Gasteiger partial charge in [-0.05, 0) is 55.0 Å². The van der Waals surface area contributed by atoms with Gasteiger partial charge in [-0.15, -0.1) is 11.8 Å². The molecule has 0 aliphatic carbocycles. The number of hydrogen-bond donors (Lipinski definition) is 0. The van der Waals surface area contributed by atoms with Crippen LogP contribution in [0.25, 0.3) is 0 Å². The number of benzene rings is 2. The minimum Gasteiger partial charge on any atom is -0.493 e. The highest BCUT2D eigenvalue weighted by atomic mass is 35.5. The molecule has 2 aromatic rings. The number of hydrogen-bond acceptors (Lipinski definition) is 4. The Bertz CT molecular complexity index is 812. The van der Waals surface area contributed by atoms with Crippen LogP contribution in [0.5, 0.6) is 11.5 Å². The first-order chi connectivity index (χ1) is 12.6. The Hall–Kier alpha value is -1.85. The van der Waals surface area contributed by atoms with Crippen LogP contribution >= 0.6 is 23.4 Å². The maximum Gasteiger partial charge on any atom is 0.255 e. The van der Waals surface area contributed by atoms with Crippen molar-refractivity contribution in [1.29, 1.82) is 0 Å². The van der Waals surface area contributed by atoms with Gasteiger partial charge in [0.15, 0.2) is 11.5 Å². The molecule has 26 heavy (non-hydrogen) atoms. The third-order valence-electron chi connectivity index (χ3n) is 4.71. The zero-order valence-electron chi connectivity index (χ0n) is 15.1. The molecule has 1 unspecified atom stereocenters. The highest BCUT2D eigenvalue weighted by Crippen LogP contribution is 2.38. The van der Waals surface area contributed by atoms with E-state index in [1.54, 1.807) is 32.0 Å². The molecule has 1 amide bonds. The van der Waals surface area contributed by atoms with Gasteiger partial charge in [0, 0.05) is 11.4 Å². The number of carbonyl (C=O) groups is 1. The molecule has 0 saturated carbocycles. The third kappa shape index (κ3) is 3.64. The van der Waals surface area contributed by atoms with Gasteiger partial charge < -0.3 is 14.4 Å². The Labute approximate surface area is 163 Å². The number of ether oxygens (including phenoxy) is 2. The summed E-state index contributed by atoms with van der Waals surface area (Å²) in [6.45, 7) is 0.720. The second kappa shape index (κ2) is 8.23. The molecule has 4 nitrogen and oxygen atoms in total. The third-order valence-corrected chi connectivity index (χ3v) is 5.76. The molecule has 0 radical (unpaired) electrons. The van der Waals surface area contributed by atoms with Crippen LogP contribution in [-0.2, 0) is 0 Å². The second-order valence-electron chi connectivity index (χ2n) is 6.12. The first-order valence-electron chi connectivity index (χ1n) is 8.45. The fourth-order valence-electron chi connectivity index (χ4n) is 3.37. The van der Waals surface area contributed by atoms with Crippen LogP contribution in [-0.4, -0.2) is 37.8 Å². The fraction of sp³-hybridized carbons (Fsp3) is 0.350. The van der Waals surface area contributed by atoms with E-state index in [9.17, 15) is 4.79 Å². The van der Waals surface area contributed by atoms with Crippen LogP contribution in [0.3, 0.4) is 0 Å². The number of nitrogens with zero attached hydrogens (tertiary/aromatic N) is 1. The summed E-state index contributed by atoms with van der Waals surface area (Å²) >= 11 is 7.91. The summed E-state index contributed by atoms with van der Waals surface area (Å²) in [5.74, 6) is 1.33. The van der Waals surface area contributed by atoms with E-state index in [2.05, 4.69) is 0 Å². The van der Waals surface area contributed by atoms with E-state index in [0.29, 0.717) is 22.1 Å². The molecule has 1 heterocycles. The molecule has 0 spiro atoms. The Morgan fingerprint density at radius 1 is 1.15 bits per heavy atom. The number of thioether (sulfide) groups is 1. The maximum atomic E-state index is 13.2. The van der Waals surface area contributed by atoms with Crippen molar-refractivity contribution >= 4 is 29.3 Å². The van der Waals surface area contributed by atoms with Crippen molar-refractivity contribution in [2.75, 3.05) is 27.0 Å². The average molecular weight is 392 g/mol. The van der Waals surface area contributed by atoms with Crippen molar-refractivity contribution in [2.24, 2.45) is 0 Å². The predicted molar refractivity (Wildman–Crippen MR) is 106 cm³/mol. The van der Waals surface area contributed by atoms with Gasteiger partial charge >= 0.3 is 0 Å². The molecular weight excluding hydrogens is 370 g/mol. The lowest BCUT2D eigenvalue weighted by Gasteiger charge is -2.26. The van der Waals surface area contributed by atoms with Gasteiger partial charge in [0.25, 0.3) is 5.91 Å². The maximum absolute atomic E-state index is 13.2. The summed E-state index contributed by atoms with van der Waals surface area (Å²) in [4.78, 5) is 16.1. The van der Waals surface area contributed by atoms with Gasteiger partial charge in [0.2, 0.25) is 0 Å². The number of rotatable bonds is 5. The van der Waals surface area contributed by atoms with Crippen LogP contribution < -0.4 is 9.47 Å². The van der Waals surface area contributed by atoms with Gasteiger partial charge in [-0.3, -0.25) is 4.79 Å². The highest BCUT2D eigenvalue weighted by molar-refractivity contribution is 7.98. The largest absolute Gasteiger partial charge is 0.493 e. The van der Waals surface area contributed by atoms with E-state index in [4.69, 9.17) is 21.1 Å². The van der Waals surface area contributed by atoms with Gasteiger partial charge in [-0.25, -0.2) is 0 Å². The van der Waals surface area contributed by atoms with Crippen LogP contribution in [0.2, 0.25) is 5.02 Å². The molecule has 3 rings (SSSR count). The molecule has 1 fully saturated rings. The summed E-state index contributed by atoms with van der Waals surface area (Å²) in [6.07, 6.45) is 3.87. The highest BCUT2D eigenvalue weighted by Gasteiger charge is 2.32. The summed E-state index contributed by atoms with van der Waals surface area (Å²) in [5.41, 5.74) is 1.61. The number of halogens is 1. The lowest BCUT2D eigenvalue weighted by atomic mass is 10.0. The average Bonchev–Trinajstić information content (AvgIpc) is 3.17. The van der Waals surface area contributed by atoms with E-state index in [1.165, 1.54) is 0 Å². The Morgan fingerprint density at radius 2 is 1.92 bits per heavy atom. The van der Waals surface area contributed by atoms with Crippen LogP contribution in [0.15, 0.2) is 41.3 Å². The molecule has 0 bridgehead atoms. The Kier molecular flexibility index (Phi) is 5.99. The molecule has 138 valence electrons. The zero-order valence-corrected chi connectivity index (χ0v) is 16.7. The molecule has 0 aromatic heterocycles. The fourth-order valence-corrected chi connectivity index (χ4v) is 4.00. The SMILES string of the molecule is COc1ccc(C2CCCN2C(=O)c2cc(SC)ccc2Cl)cc1OC. The van der Waals surface area contributed by atoms with Gasteiger partial charge in [0.1, 0.15) is 0 Å². The molecule has 0 N–H and O–H groups in total. The van der Waals surface area contributed by atoms with E-state index in [1.807, 2.05) is 41.5 Å². The number of likely N-dealkylation sites (tertiary alicyclic amines) is 1. The topological polar surface area (TPSA) is 38.8 Å². The van der Waals surface area contributed by atoms with Crippen molar-refractivity contribution in [3.63, 3.8) is 0 Å². The van der Waals surface area contributed by atoms with Gasteiger partial charge in [-0.1, -0.05) is 17.7 Å². The molecule has 2 aromatic carbocycles. The smallest absolute Gasteiger partial charge is 0.255 e. The Morgan fingerprint density at radius 3 is 2.62 bits per heavy atom. The summed E-state index contributed by atoms with van der Waals surface area (Å²) in [6, 6.07) is 11.4. The summed E-state index contributed by atoms with van der Waals surface area (Å²) < 4.78 is 10.7. The molecule has 1 aliphatic heterocycles. The monoisotopic (exact) mass is 391 g/mol. The van der Waals surface area contributed by atoms with Crippen LogP contribution in [0.4, 0.5) is 0 Å². The standard InChI is InChI=1S/C20H22ClNO3S/c1-24-18-9-6-13(11-19(18)25-2)17-5-4-10-22(17)20(23)15-12-14(26-3)7-8-16(15)21/h6-9,11-12,17H,4-5,10H2,1-3H3. The zero-order chi connectivity index (χ0) is 18.7. The van der Waals surface area contributed by atoms with E-state index in [0.717, 1.165) is 29.8 Å².